The zero-order valence-corrected chi connectivity index (χ0v) is 20.3. The molecule has 7 nitrogen and oxygen atoms in total. The van der Waals surface area contributed by atoms with E-state index in [9.17, 15) is 14.6 Å². The molecule has 2 aromatic heterocycles. The molecule has 2 aromatic rings. The highest BCUT2D eigenvalue weighted by Crippen LogP contribution is 2.67. The Kier molecular flexibility index (Phi) is 5.97. The van der Waals surface area contributed by atoms with Crippen LogP contribution in [0.5, 0.6) is 0 Å². The van der Waals surface area contributed by atoms with E-state index in [1.54, 1.807) is 10.9 Å². The largest absolute Gasteiger partial charge is 0.390 e. The lowest BCUT2D eigenvalue weighted by Gasteiger charge is -2.38. The van der Waals surface area contributed by atoms with Gasteiger partial charge in [0.2, 0.25) is 5.28 Å². The van der Waals surface area contributed by atoms with Crippen LogP contribution in [0.2, 0.25) is 5.28 Å². The van der Waals surface area contributed by atoms with Crippen LogP contribution < -0.4 is 5.32 Å². The minimum Gasteiger partial charge on any atom is -0.390 e. The molecule has 4 fully saturated rings. The summed E-state index contributed by atoms with van der Waals surface area (Å²) in [6.07, 6.45) is 12.8. The lowest BCUT2D eigenvalue weighted by molar-refractivity contribution is -0.0224. The van der Waals surface area contributed by atoms with E-state index in [-0.39, 0.29) is 11.2 Å². The van der Waals surface area contributed by atoms with Crippen LogP contribution in [-0.4, -0.2) is 54.7 Å². The van der Waals surface area contributed by atoms with Gasteiger partial charge in [0.1, 0.15) is 6.10 Å². The molecular weight excluding hydrogens is 457 g/mol. The molecule has 9 heteroatoms. The van der Waals surface area contributed by atoms with Crippen molar-refractivity contribution in [1.29, 1.82) is 0 Å². The third kappa shape index (κ3) is 3.63. The summed E-state index contributed by atoms with van der Waals surface area (Å²) in [5.74, 6) is 1.75. The Labute approximate surface area is 204 Å². The number of hydrogen-bond donors (Lipinski definition) is 3. The molecular formula is C25H35ClFN5O2. The number of rotatable bonds is 6. The van der Waals surface area contributed by atoms with Crippen LogP contribution in [0.4, 0.5) is 10.2 Å². The van der Waals surface area contributed by atoms with Gasteiger partial charge in [-0.3, -0.25) is 4.39 Å². The molecule has 4 aliphatic carbocycles. The van der Waals surface area contributed by atoms with Crippen LogP contribution in [-0.2, 0) is 0 Å². The number of aliphatic hydroxyl groups is 2. The van der Waals surface area contributed by atoms with E-state index in [2.05, 4.69) is 20.3 Å². The highest BCUT2D eigenvalue weighted by molar-refractivity contribution is 6.28. The van der Waals surface area contributed by atoms with Crippen LogP contribution in [0, 0.1) is 23.2 Å². The van der Waals surface area contributed by atoms with Gasteiger partial charge in [0.15, 0.2) is 17.0 Å². The summed E-state index contributed by atoms with van der Waals surface area (Å²) in [6, 6.07) is -0.136. The van der Waals surface area contributed by atoms with Gasteiger partial charge in [-0.25, -0.2) is 4.98 Å². The number of halogens is 2. The Balaban J connectivity index is 1.34. The molecule has 5 atom stereocenters. The van der Waals surface area contributed by atoms with Crippen molar-refractivity contribution in [1.82, 2.24) is 19.5 Å². The Morgan fingerprint density at radius 3 is 2.29 bits per heavy atom. The topological polar surface area (TPSA) is 96.1 Å². The molecule has 0 spiro atoms. The molecule has 0 aliphatic heterocycles. The maximum atomic E-state index is 13.7. The zero-order chi connectivity index (χ0) is 23.4. The average Bonchev–Trinajstić information content (AvgIpc) is 3.39. The smallest absolute Gasteiger partial charge is 0.226 e. The first kappa shape index (κ1) is 22.9. The van der Waals surface area contributed by atoms with E-state index >= 15 is 0 Å². The van der Waals surface area contributed by atoms with Gasteiger partial charge in [0, 0.05) is 11.5 Å². The first-order chi connectivity index (χ1) is 16.5. The molecule has 0 unspecified atom stereocenters. The summed E-state index contributed by atoms with van der Waals surface area (Å²) >= 11 is 6.41. The van der Waals surface area contributed by atoms with Crippen molar-refractivity contribution in [2.24, 2.45) is 23.2 Å². The Morgan fingerprint density at radius 1 is 1.06 bits per heavy atom. The summed E-state index contributed by atoms with van der Waals surface area (Å²) in [5, 5.41) is 25.2. The van der Waals surface area contributed by atoms with Crippen LogP contribution >= 0.6 is 11.6 Å². The van der Waals surface area contributed by atoms with Gasteiger partial charge >= 0.3 is 0 Å². The second-order valence-electron chi connectivity index (χ2n) is 11.2. The van der Waals surface area contributed by atoms with Crippen molar-refractivity contribution >= 4 is 28.6 Å². The first-order valence-corrected chi connectivity index (χ1v) is 13.5. The molecule has 3 N–H and O–H groups in total. The number of aromatic nitrogens is 4. The zero-order valence-electron chi connectivity index (χ0n) is 19.5. The molecule has 186 valence electrons. The summed E-state index contributed by atoms with van der Waals surface area (Å²) in [4.78, 5) is 13.7. The molecule has 4 saturated carbocycles. The second kappa shape index (κ2) is 8.86. The molecule has 0 radical (unpaired) electrons. The van der Waals surface area contributed by atoms with Gasteiger partial charge < -0.3 is 20.1 Å². The number of alkyl halides is 1. The predicted octanol–water partition coefficient (Wildman–Crippen LogP) is 4.67. The van der Waals surface area contributed by atoms with Crippen molar-refractivity contribution in [3.8, 4) is 0 Å². The van der Waals surface area contributed by atoms with E-state index in [4.69, 9.17) is 11.6 Å². The third-order valence-electron chi connectivity index (χ3n) is 9.44. The predicted molar refractivity (Wildman–Crippen MR) is 128 cm³/mol. The molecule has 6 rings (SSSR count). The molecule has 0 amide bonds. The minimum absolute atomic E-state index is 0.128. The van der Waals surface area contributed by atoms with E-state index in [1.807, 2.05) is 0 Å². The van der Waals surface area contributed by atoms with Crippen LogP contribution in [0.15, 0.2) is 6.33 Å². The van der Waals surface area contributed by atoms with Gasteiger partial charge in [-0.15, -0.1) is 0 Å². The number of aliphatic hydroxyl groups excluding tert-OH is 2. The highest BCUT2D eigenvalue weighted by atomic mass is 35.5. The SMILES string of the molecule is O[C@H]1[C@H](n2cnc3c(NC(C4CCCCC4)C4CCCCC4)nc(Cl)nc32)[C@H]2C[C@@]2(CF)[C@H]1O. The number of fused-ring (bicyclic) bond motifs is 2. The monoisotopic (exact) mass is 491 g/mol. The van der Waals surface area contributed by atoms with Gasteiger partial charge in [0.05, 0.1) is 25.1 Å². The fraction of sp³-hybridized carbons (Fsp3) is 0.800. The maximum absolute atomic E-state index is 13.7. The maximum Gasteiger partial charge on any atom is 0.226 e. The normalized spacial score (nSPS) is 34.6. The van der Waals surface area contributed by atoms with Crippen LogP contribution in [0.3, 0.4) is 0 Å². The van der Waals surface area contributed by atoms with Crippen LogP contribution in [0.1, 0.15) is 76.7 Å². The molecule has 0 aromatic carbocycles. The molecule has 2 heterocycles. The summed E-state index contributed by atoms with van der Waals surface area (Å²) in [7, 11) is 0. The fourth-order valence-corrected chi connectivity index (χ4v) is 7.65. The lowest BCUT2D eigenvalue weighted by atomic mass is 9.74. The fourth-order valence-electron chi connectivity index (χ4n) is 7.48. The van der Waals surface area contributed by atoms with Crippen molar-refractivity contribution < 1.29 is 14.6 Å². The van der Waals surface area contributed by atoms with Gasteiger partial charge in [0.25, 0.3) is 0 Å². The molecule has 0 bridgehead atoms. The summed E-state index contributed by atoms with van der Waals surface area (Å²) < 4.78 is 15.5. The first-order valence-electron chi connectivity index (χ1n) is 13.1. The Morgan fingerprint density at radius 2 is 1.71 bits per heavy atom. The van der Waals surface area contributed by atoms with Gasteiger partial charge in [-0.2, -0.15) is 9.97 Å². The van der Waals surface area contributed by atoms with Crippen molar-refractivity contribution in [3.63, 3.8) is 0 Å². The number of nitrogens with one attached hydrogen (secondary N) is 1. The average molecular weight is 492 g/mol. The second-order valence-corrected chi connectivity index (χ2v) is 11.6. The number of hydrogen-bond acceptors (Lipinski definition) is 6. The van der Waals surface area contributed by atoms with Crippen molar-refractivity contribution in [3.05, 3.63) is 11.6 Å². The quantitative estimate of drug-likeness (QED) is 0.508. The van der Waals surface area contributed by atoms with Crippen molar-refractivity contribution in [2.45, 2.75) is 94.9 Å². The number of nitrogens with zero attached hydrogens (tertiary/aromatic N) is 4. The highest BCUT2D eigenvalue weighted by Gasteiger charge is 2.71. The summed E-state index contributed by atoms with van der Waals surface area (Å²) in [5.41, 5.74) is 0.318. The van der Waals surface area contributed by atoms with Gasteiger partial charge in [-0.05, 0) is 61.5 Å². The molecule has 4 aliphatic rings. The standard InChI is InChI=1S/C25H35ClFN5O2/c26-24-30-22(29-17(14-7-3-1-4-8-14)15-9-5-2-6-10-15)18-23(31-24)32(13-28-18)19-16-11-25(16,12-27)21(34)20(19)33/h13-17,19-21,33-34H,1-12H2,(H,29,30,31)/t16-,19-,20+,21+,25+/m1/s1. The van der Waals surface area contributed by atoms with E-state index in [0.29, 0.717) is 41.3 Å². The van der Waals surface area contributed by atoms with E-state index in [1.165, 1.54) is 64.2 Å². The summed E-state index contributed by atoms with van der Waals surface area (Å²) in [6.45, 7) is -0.633. The Hall–Kier alpha value is -1.51. The molecule has 0 saturated heterocycles. The number of imidazole rings is 1. The van der Waals surface area contributed by atoms with E-state index in [0.717, 1.165) is 0 Å². The Bertz CT molecular complexity index is 1020. The van der Waals surface area contributed by atoms with Crippen LogP contribution in [0.25, 0.3) is 11.2 Å². The number of anilines is 1. The van der Waals surface area contributed by atoms with E-state index < -0.39 is 30.3 Å². The van der Waals surface area contributed by atoms with Gasteiger partial charge in [-0.1, -0.05) is 38.5 Å². The molecule has 34 heavy (non-hydrogen) atoms. The third-order valence-corrected chi connectivity index (χ3v) is 9.60. The van der Waals surface area contributed by atoms with Crippen molar-refractivity contribution in [2.75, 3.05) is 12.0 Å². The minimum atomic E-state index is -1.08. The lowest BCUT2D eigenvalue weighted by Crippen LogP contribution is -2.39.